The lowest BCUT2D eigenvalue weighted by atomic mass is 9.81. The van der Waals surface area contributed by atoms with E-state index in [9.17, 15) is 4.79 Å². The van der Waals surface area contributed by atoms with E-state index in [0.29, 0.717) is 48.7 Å². The maximum absolute atomic E-state index is 13.7. The molecule has 0 bridgehead atoms. The van der Waals surface area contributed by atoms with Gasteiger partial charge in [-0.15, -0.1) is 0 Å². The number of guanidine groups is 1. The zero-order valence-electron chi connectivity index (χ0n) is 22.4. The van der Waals surface area contributed by atoms with Gasteiger partial charge in [0.1, 0.15) is 5.76 Å². The van der Waals surface area contributed by atoms with E-state index in [2.05, 4.69) is 53.5 Å². The summed E-state index contributed by atoms with van der Waals surface area (Å²) in [6.07, 6.45) is 12.4. The lowest BCUT2D eigenvalue weighted by Crippen LogP contribution is -2.41. The van der Waals surface area contributed by atoms with Crippen molar-refractivity contribution in [2.75, 3.05) is 26.2 Å². The third kappa shape index (κ3) is 9.03. The third-order valence-corrected chi connectivity index (χ3v) is 7.82. The number of amides is 1. The Morgan fingerprint density at radius 3 is 2.15 bits per heavy atom. The SMILES string of the molecule is NC(N)=NCC1CCC(CN(CC(c2ccccc2)c2ccccc2)C(=O)COC2=CCC=C(Cl)C=C2)CC1. The summed E-state index contributed by atoms with van der Waals surface area (Å²) in [5.74, 6) is 1.79. The quantitative estimate of drug-likeness (QED) is 0.279. The first-order valence-electron chi connectivity index (χ1n) is 13.8. The summed E-state index contributed by atoms with van der Waals surface area (Å²) in [4.78, 5) is 19.9. The van der Waals surface area contributed by atoms with Crippen molar-refractivity contribution >= 4 is 23.5 Å². The van der Waals surface area contributed by atoms with E-state index in [-0.39, 0.29) is 24.4 Å². The summed E-state index contributed by atoms with van der Waals surface area (Å²) in [7, 11) is 0. The van der Waals surface area contributed by atoms with Crippen molar-refractivity contribution in [3.63, 3.8) is 0 Å². The van der Waals surface area contributed by atoms with Crippen molar-refractivity contribution in [2.24, 2.45) is 28.3 Å². The zero-order valence-corrected chi connectivity index (χ0v) is 23.2. The molecule has 0 heterocycles. The van der Waals surface area contributed by atoms with E-state index in [0.717, 1.165) is 25.7 Å². The second-order valence-corrected chi connectivity index (χ2v) is 10.8. The number of aliphatic imine (C=N–C) groups is 1. The summed E-state index contributed by atoms with van der Waals surface area (Å²) in [5.41, 5.74) is 13.4. The van der Waals surface area contributed by atoms with Crippen LogP contribution in [0, 0.1) is 11.8 Å². The first kappa shape index (κ1) is 28.5. The van der Waals surface area contributed by atoms with Gasteiger partial charge in [-0.05, 0) is 73.3 Å². The molecule has 2 aromatic carbocycles. The topological polar surface area (TPSA) is 93.9 Å². The lowest BCUT2D eigenvalue weighted by Gasteiger charge is -2.34. The van der Waals surface area contributed by atoms with Crippen molar-refractivity contribution in [1.82, 2.24) is 4.90 Å². The molecule has 4 N–H and O–H groups in total. The van der Waals surface area contributed by atoms with Crippen molar-refractivity contribution in [3.05, 3.63) is 107 Å². The number of halogens is 1. The summed E-state index contributed by atoms with van der Waals surface area (Å²) >= 11 is 6.12. The summed E-state index contributed by atoms with van der Waals surface area (Å²) in [6.45, 7) is 1.96. The molecule has 0 atom stereocenters. The predicted octanol–water partition coefficient (Wildman–Crippen LogP) is 5.71. The minimum atomic E-state index is -0.00999. The fourth-order valence-electron chi connectivity index (χ4n) is 5.34. The van der Waals surface area contributed by atoms with Gasteiger partial charge in [0, 0.05) is 30.6 Å². The van der Waals surface area contributed by atoms with Crippen LogP contribution in [0.1, 0.15) is 49.1 Å². The van der Waals surface area contributed by atoms with Crippen LogP contribution in [0.2, 0.25) is 0 Å². The first-order chi connectivity index (χ1) is 19.0. The second-order valence-electron chi connectivity index (χ2n) is 10.4. The highest BCUT2D eigenvalue weighted by atomic mass is 35.5. The molecule has 6 nitrogen and oxygen atoms in total. The summed E-state index contributed by atoms with van der Waals surface area (Å²) in [5, 5.41) is 0.668. The molecule has 206 valence electrons. The van der Waals surface area contributed by atoms with Gasteiger partial charge in [0.05, 0.1) is 0 Å². The molecule has 2 aliphatic rings. The van der Waals surface area contributed by atoms with Gasteiger partial charge in [0.15, 0.2) is 12.6 Å². The van der Waals surface area contributed by atoms with E-state index in [1.54, 1.807) is 6.08 Å². The Labute approximate surface area is 237 Å². The normalized spacial score (nSPS) is 19.0. The number of nitrogens with zero attached hydrogens (tertiary/aromatic N) is 2. The van der Waals surface area contributed by atoms with Crippen LogP contribution in [0.15, 0.2) is 101 Å². The molecule has 7 heteroatoms. The van der Waals surface area contributed by atoms with Crippen molar-refractivity contribution < 1.29 is 9.53 Å². The van der Waals surface area contributed by atoms with Crippen molar-refractivity contribution in [1.29, 1.82) is 0 Å². The second kappa shape index (κ2) is 14.6. The maximum atomic E-state index is 13.7. The fourth-order valence-corrected chi connectivity index (χ4v) is 5.50. The molecule has 0 aromatic heterocycles. The molecular weight excluding hydrogens is 508 g/mol. The lowest BCUT2D eigenvalue weighted by molar-refractivity contribution is -0.135. The number of ether oxygens (including phenoxy) is 1. The van der Waals surface area contributed by atoms with Gasteiger partial charge in [0.2, 0.25) is 0 Å². The number of hydrogen-bond donors (Lipinski definition) is 2. The van der Waals surface area contributed by atoms with Crippen molar-refractivity contribution in [3.8, 4) is 0 Å². The average molecular weight is 547 g/mol. The Bertz CT molecular complexity index is 1140. The third-order valence-electron chi connectivity index (χ3n) is 7.54. The van der Waals surface area contributed by atoms with E-state index in [1.807, 2.05) is 35.3 Å². The summed E-state index contributed by atoms with van der Waals surface area (Å²) in [6, 6.07) is 20.9. The molecule has 1 amide bonds. The van der Waals surface area contributed by atoms with Crippen LogP contribution in [-0.4, -0.2) is 43.0 Å². The molecule has 2 aromatic rings. The maximum Gasteiger partial charge on any atom is 0.260 e. The Kier molecular flexibility index (Phi) is 10.7. The van der Waals surface area contributed by atoms with Crippen molar-refractivity contribution in [2.45, 2.75) is 38.0 Å². The van der Waals surface area contributed by atoms with Gasteiger partial charge in [-0.3, -0.25) is 9.79 Å². The number of carbonyl (C=O) groups excluding carboxylic acids is 1. The van der Waals surface area contributed by atoms with E-state index in [4.69, 9.17) is 27.8 Å². The van der Waals surface area contributed by atoms with Crippen LogP contribution in [0.4, 0.5) is 0 Å². The highest BCUT2D eigenvalue weighted by Crippen LogP contribution is 2.31. The number of carbonyl (C=O) groups is 1. The van der Waals surface area contributed by atoms with Crippen LogP contribution < -0.4 is 11.5 Å². The van der Waals surface area contributed by atoms with E-state index < -0.39 is 0 Å². The molecule has 39 heavy (non-hydrogen) atoms. The van der Waals surface area contributed by atoms with Crippen LogP contribution in [0.3, 0.4) is 0 Å². The minimum Gasteiger partial charge on any atom is -0.484 e. The standard InChI is InChI=1S/C32H39ClN4O2/c33-28-12-7-13-29(19-18-28)39-23-31(38)37(21-25-16-14-24(15-17-25)20-36-32(34)35)22-30(26-8-3-1-4-9-26)27-10-5-2-6-11-27/h1-6,8-13,18-19,24-25,30H,7,14-17,20-23H2,(H4,34,35,36). The van der Waals surface area contributed by atoms with Gasteiger partial charge in [0.25, 0.3) is 5.91 Å². The smallest absolute Gasteiger partial charge is 0.260 e. The Morgan fingerprint density at radius 1 is 0.923 bits per heavy atom. The largest absolute Gasteiger partial charge is 0.484 e. The van der Waals surface area contributed by atoms with Gasteiger partial charge in [-0.25, -0.2) is 0 Å². The van der Waals surface area contributed by atoms with E-state index in [1.165, 1.54) is 11.1 Å². The Balaban J connectivity index is 1.49. The number of rotatable bonds is 11. The molecule has 1 saturated carbocycles. The zero-order chi connectivity index (χ0) is 27.5. The molecule has 0 spiro atoms. The Morgan fingerprint density at radius 2 is 1.54 bits per heavy atom. The first-order valence-corrected chi connectivity index (χ1v) is 14.2. The highest BCUT2D eigenvalue weighted by molar-refractivity contribution is 6.31. The molecule has 4 rings (SSSR count). The monoisotopic (exact) mass is 546 g/mol. The fraction of sp³-hybridized carbons (Fsp3) is 0.375. The minimum absolute atomic E-state index is 0.00732. The Hall–Kier alpha value is -3.51. The highest BCUT2D eigenvalue weighted by Gasteiger charge is 2.28. The molecule has 0 radical (unpaired) electrons. The predicted molar refractivity (Wildman–Crippen MR) is 159 cm³/mol. The van der Waals surface area contributed by atoms with Gasteiger partial charge in [-0.2, -0.15) is 0 Å². The van der Waals surface area contributed by atoms with Crippen LogP contribution in [0.5, 0.6) is 0 Å². The van der Waals surface area contributed by atoms with E-state index >= 15 is 0 Å². The van der Waals surface area contributed by atoms with Crippen LogP contribution >= 0.6 is 11.6 Å². The van der Waals surface area contributed by atoms with Crippen LogP contribution in [-0.2, 0) is 9.53 Å². The molecular formula is C32H39ClN4O2. The van der Waals surface area contributed by atoms with Crippen LogP contribution in [0.25, 0.3) is 0 Å². The molecule has 0 saturated heterocycles. The van der Waals surface area contributed by atoms with Gasteiger partial charge in [-0.1, -0.05) is 78.3 Å². The number of allylic oxidation sites excluding steroid dienone is 5. The molecule has 0 unspecified atom stereocenters. The number of hydrogen-bond acceptors (Lipinski definition) is 3. The average Bonchev–Trinajstić information content (AvgIpc) is 3.18. The van der Waals surface area contributed by atoms with Gasteiger partial charge >= 0.3 is 0 Å². The molecule has 1 fully saturated rings. The van der Waals surface area contributed by atoms with Gasteiger partial charge < -0.3 is 21.1 Å². The number of benzene rings is 2. The number of nitrogens with two attached hydrogens (primary N) is 2. The molecule has 0 aliphatic heterocycles. The molecule has 2 aliphatic carbocycles. The summed E-state index contributed by atoms with van der Waals surface area (Å²) < 4.78 is 5.96.